The molecule has 1 fully saturated rings. The van der Waals surface area contributed by atoms with E-state index < -0.39 is 0 Å². The molecule has 1 N–H and O–H groups in total. The SMILES string of the molecule is O=C(NC1CC(c2nncs2)C1)c1cc(-c2ccccc2)on1. The van der Waals surface area contributed by atoms with E-state index in [1.165, 1.54) is 0 Å². The van der Waals surface area contributed by atoms with E-state index in [-0.39, 0.29) is 11.9 Å². The smallest absolute Gasteiger partial charge is 0.273 e. The first kappa shape index (κ1) is 14.1. The lowest BCUT2D eigenvalue weighted by molar-refractivity contribution is 0.0899. The molecule has 0 bridgehead atoms. The number of hydrogen-bond donors (Lipinski definition) is 1. The first-order valence-electron chi connectivity index (χ1n) is 7.38. The molecule has 1 amide bonds. The number of nitrogens with one attached hydrogen (secondary N) is 1. The van der Waals surface area contributed by atoms with Crippen LogP contribution >= 0.6 is 11.3 Å². The molecule has 7 heteroatoms. The van der Waals surface area contributed by atoms with Crippen molar-refractivity contribution in [1.82, 2.24) is 20.7 Å². The van der Waals surface area contributed by atoms with E-state index in [1.54, 1.807) is 22.9 Å². The van der Waals surface area contributed by atoms with Crippen molar-refractivity contribution in [1.29, 1.82) is 0 Å². The van der Waals surface area contributed by atoms with Gasteiger partial charge in [0.1, 0.15) is 10.5 Å². The maximum atomic E-state index is 12.2. The monoisotopic (exact) mass is 326 g/mol. The highest BCUT2D eigenvalue weighted by Gasteiger charge is 2.34. The minimum absolute atomic E-state index is 0.160. The van der Waals surface area contributed by atoms with Crippen molar-refractivity contribution >= 4 is 17.2 Å². The van der Waals surface area contributed by atoms with Crippen LogP contribution in [0.5, 0.6) is 0 Å². The van der Waals surface area contributed by atoms with Crippen LogP contribution in [0.1, 0.15) is 34.3 Å². The number of benzene rings is 1. The molecular weight excluding hydrogens is 312 g/mol. The first-order valence-corrected chi connectivity index (χ1v) is 8.26. The largest absolute Gasteiger partial charge is 0.355 e. The molecule has 116 valence electrons. The molecule has 0 aliphatic heterocycles. The summed E-state index contributed by atoms with van der Waals surface area (Å²) in [5.74, 6) is 0.803. The Labute approximate surface area is 136 Å². The summed E-state index contributed by atoms with van der Waals surface area (Å²) in [6.07, 6.45) is 1.79. The Morgan fingerprint density at radius 2 is 2.09 bits per heavy atom. The third-order valence-corrected chi connectivity index (χ3v) is 4.86. The summed E-state index contributed by atoms with van der Waals surface area (Å²) in [5, 5.41) is 15.8. The molecule has 0 atom stereocenters. The lowest BCUT2D eigenvalue weighted by Gasteiger charge is -2.33. The average molecular weight is 326 g/mol. The van der Waals surface area contributed by atoms with Crippen LogP contribution in [0, 0.1) is 0 Å². The Morgan fingerprint density at radius 3 is 2.83 bits per heavy atom. The van der Waals surface area contributed by atoms with Gasteiger partial charge in [0.05, 0.1) is 0 Å². The molecule has 1 aliphatic carbocycles. The third kappa shape index (κ3) is 2.87. The van der Waals surface area contributed by atoms with E-state index >= 15 is 0 Å². The van der Waals surface area contributed by atoms with E-state index in [2.05, 4.69) is 20.7 Å². The molecular formula is C16H14N4O2S. The number of amides is 1. The zero-order chi connectivity index (χ0) is 15.6. The predicted molar refractivity (Wildman–Crippen MR) is 85.1 cm³/mol. The minimum Gasteiger partial charge on any atom is -0.355 e. The van der Waals surface area contributed by atoms with Gasteiger partial charge in [-0.05, 0) is 12.8 Å². The van der Waals surface area contributed by atoms with E-state index in [0.29, 0.717) is 17.4 Å². The van der Waals surface area contributed by atoms with Gasteiger partial charge in [-0.1, -0.05) is 35.5 Å². The van der Waals surface area contributed by atoms with Crippen LogP contribution in [0.15, 0.2) is 46.4 Å². The predicted octanol–water partition coefficient (Wildman–Crippen LogP) is 2.87. The summed E-state index contributed by atoms with van der Waals surface area (Å²) in [7, 11) is 0. The molecule has 2 aromatic heterocycles. The average Bonchev–Trinajstić information content (AvgIpc) is 3.22. The first-order chi connectivity index (χ1) is 11.3. The summed E-state index contributed by atoms with van der Waals surface area (Å²) in [6.45, 7) is 0. The molecule has 4 rings (SSSR count). The maximum absolute atomic E-state index is 12.2. The van der Waals surface area contributed by atoms with Crippen molar-refractivity contribution in [3.8, 4) is 11.3 Å². The second-order valence-corrected chi connectivity index (χ2v) is 6.42. The van der Waals surface area contributed by atoms with Crippen LogP contribution in [-0.4, -0.2) is 27.3 Å². The fourth-order valence-corrected chi connectivity index (χ4v) is 3.36. The minimum atomic E-state index is -0.198. The van der Waals surface area contributed by atoms with E-state index in [9.17, 15) is 4.79 Å². The topological polar surface area (TPSA) is 80.9 Å². The van der Waals surface area contributed by atoms with Crippen molar-refractivity contribution in [3.05, 3.63) is 52.6 Å². The Kier molecular flexibility index (Phi) is 3.63. The van der Waals surface area contributed by atoms with Gasteiger partial charge in [-0.2, -0.15) is 0 Å². The lowest BCUT2D eigenvalue weighted by Crippen LogP contribution is -2.43. The van der Waals surface area contributed by atoms with Gasteiger partial charge in [0, 0.05) is 23.6 Å². The summed E-state index contributed by atoms with van der Waals surface area (Å²) < 4.78 is 5.26. The molecule has 2 heterocycles. The molecule has 0 radical (unpaired) electrons. The van der Waals surface area contributed by atoms with Crippen molar-refractivity contribution in [3.63, 3.8) is 0 Å². The molecule has 1 aliphatic rings. The van der Waals surface area contributed by atoms with Gasteiger partial charge in [-0.25, -0.2) is 0 Å². The van der Waals surface area contributed by atoms with Gasteiger partial charge in [-0.3, -0.25) is 4.79 Å². The number of aromatic nitrogens is 3. The fourth-order valence-electron chi connectivity index (χ4n) is 2.68. The van der Waals surface area contributed by atoms with Crippen molar-refractivity contribution < 1.29 is 9.32 Å². The second kappa shape index (κ2) is 5.92. The van der Waals surface area contributed by atoms with Crippen molar-refractivity contribution in [2.75, 3.05) is 0 Å². The zero-order valence-corrected chi connectivity index (χ0v) is 13.0. The normalized spacial score (nSPS) is 20.0. The molecule has 1 saturated carbocycles. The van der Waals surface area contributed by atoms with Gasteiger partial charge in [0.2, 0.25) is 0 Å². The number of carbonyl (C=O) groups excluding carboxylic acids is 1. The van der Waals surface area contributed by atoms with E-state index in [1.807, 2.05) is 30.3 Å². The quantitative estimate of drug-likeness (QED) is 0.797. The number of rotatable bonds is 4. The van der Waals surface area contributed by atoms with Crippen LogP contribution < -0.4 is 5.32 Å². The Balaban J connectivity index is 1.36. The summed E-state index contributed by atoms with van der Waals surface area (Å²) in [5.41, 5.74) is 2.95. The summed E-state index contributed by atoms with van der Waals surface area (Å²) in [6, 6.07) is 11.4. The highest BCUT2D eigenvalue weighted by atomic mass is 32.1. The highest BCUT2D eigenvalue weighted by molar-refractivity contribution is 7.09. The molecule has 1 aromatic carbocycles. The molecule has 23 heavy (non-hydrogen) atoms. The Hall–Kier alpha value is -2.54. The lowest BCUT2D eigenvalue weighted by atomic mass is 9.80. The van der Waals surface area contributed by atoms with Crippen molar-refractivity contribution in [2.24, 2.45) is 0 Å². The van der Waals surface area contributed by atoms with Crippen molar-refractivity contribution in [2.45, 2.75) is 24.8 Å². The summed E-state index contributed by atoms with van der Waals surface area (Å²) >= 11 is 1.56. The molecule has 0 saturated heterocycles. The highest BCUT2D eigenvalue weighted by Crippen LogP contribution is 2.37. The van der Waals surface area contributed by atoms with Gasteiger partial charge in [0.15, 0.2) is 11.5 Å². The zero-order valence-electron chi connectivity index (χ0n) is 12.2. The second-order valence-electron chi connectivity index (χ2n) is 5.56. The van der Waals surface area contributed by atoms with Crippen LogP contribution in [0.25, 0.3) is 11.3 Å². The number of hydrogen-bond acceptors (Lipinski definition) is 6. The van der Waals surface area contributed by atoms with Crippen LogP contribution in [0.2, 0.25) is 0 Å². The van der Waals surface area contributed by atoms with Gasteiger partial charge < -0.3 is 9.84 Å². The van der Waals surface area contributed by atoms with Crippen LogP contribution in [-0.2, 0) is 0 Å². The van der Waals surface area contributed by atoms with E-state index in [0.717, 1.165) is 23.4 Å². The van der Waals surface area contributed by atoms with Gasteiger partial charge in [-0.15, -0.1) is 21.5 Å². The third-order valence-electron chi connectivity index (χ3n) is 4.00. The Bertz CT molecular complexity index is 795. The van der Waals surface area contributed by atoms with Gasteiger partial charge >= 0.3 is 0 Å². The van der Waals surface area contributed by atoms with Crippen LogP contribution in [0.4, 0.5) is 0 Å². The van der Waals surface area contributed by atoms with Gasteiger partial charge in [0.25, 0.3) is 5.91 Å². The molecule has 0 spiro atoms. The summed E-state index contributed by atoms with van der Waals surface area (Å²) in [4.78, 5) is 12.2. The fraction of sp³-hybridized carbons (Fsp3) is 0.250. The van der Waals surface area contributed by atoms with E-state index in [4.69, 9.17) is 4.52 Å². The molecule has 3 aromatic rings. The standard InChI is InChI=1S/C16H14N4O2S/c21-15(18-12-6-11(7-12)16-19-17-9-23-16)13-8-14(22-20-13)10-4-2-1-3-5-10/h1-5,8-9,11-12H,6-7H2,(H,18,21). The molecule has 6 nitrogen and oxygen atoms in total. The Morgan fingerprint density at radius 1 is 1.26 bits per heavy atom. The maximum Gasteiger partial charge on any atom is 0.273 e. The van der Waals surface area contributed by atoms with Crippen LogP contribution in [0.3, 0.4) is 0 Å². The number of nitrogens with zero attached hydrogens (tertiary/aromatic N) is 3. The number of carbonyl (C=O) groups is 1. The molecule has 0 unspecified atom stereocenters.